The van der Waals surface area contributed by atoms with Crippen LogP contribution in [0.4, 0.5) is 4.79 Å². The van der Waals surface area contributed by atoms with E-state index in [0.717, 1.165) is 12.8 Å². The Morgan fingerprint density at radius 1 is 1.50 bits per heavy atom. The van der Waals surface area contributed by atoms with Gasteiger partial charge in [-0.2, -0.15) is 0 Å². The van der Waals surface area contributed by atoms with Crippen molar-refractivity contribution < 1.29 is 14.3 Å². The highest BCUT2D eigenvalue weighted by molar-refractivity contribution is 5.68. The highest BCUT2D eigenvalue weighted by Gasteiger charge is 2.24. The average Bonchev–Trinajstić information content (AvgIpc) is 2.16. The molecule has 90 valence electrons. The summed E-state index contributed by atoms with van der Waals surface area (Å²) >= 11 is 0. The quantitative estimate of drug-likeness (QED) is 0.691. The Morgan fingerprint density at radius 3 is 2.62 bits per heavy atom. The van der Waals surface area contributed by atoms with Gasteiger partial charge < -0.3 is 14.8 Å². The molecule has 1 amide bonds. The van der Waals surface area contributed by atoms with Gasteiger partial charge in [0.25, 0.3) is 0 Å². The van der Waals surface area contributed by atoms with Crippen LogP contribution in [-0.2, 0) is 9.47 Å². The van der Waals surface area contributed by atoms with Crippen molar-refractivity contribution in [3.8, 4) is 12.3 Å². The molecular weight excluding hydrogens is 206 g/mol. The first-order valence-electron chi connectivity index (χ1n) is 5.48. The molecule has 0 bridgehead atoms. The van der Waals surface area contributed by atoms with Crippen LogP contribution in [0.5, 0.6) is 0 Å². The fourth-order valence-corrected chi connectivity index (χ4v) is 1.47. The highest BCUT2D eigenvalue weighted by atomic mass is 16.6. The number of nitrogens with one attached hydrogen (secondary N) is 1. The van der Waals surface area contributed by atoms with E-state index < -0.39 is 11.7 Å². The van der Waals surface area contributed by atoms with Gasteiger partial charge in [0, 0.05) is 0 Å². The smallest absolute Gasteiger partial charge is 0.407 e. The molecule has 1 aliphatic rings. The van der Waals surface area contributed by atoms with E-state index in [1.54, 1.807) is 0 Å². The van der Waals surface area contributed by atoms with Crippen molar-refractivity contribution in [3.05, 3.63) is 0 Å². The number of terminal acetylenes is 1. The van der Waals surface area contributed by atoms with Crippen LogP contribution in [0.3, 0.4) is 0 Å². The summed E-state index contributed by atoms with van der Waals surface area (Å²) < 4.78 is 10.5. The van der Waals surface area contributed by atoms with Gasteiger partial charge in [-0.15, -0.1) is 6.42 Å². The third-order valence-electron chi connectivity index (χ3n) is 2.18. The predicted octanol–water partition coefficient (Wildman–Crippen LogP) is 1.69. The Balaban J connectivity index is 2.29. The molecule has 1 fully saturated rings. The molecule has 0 aromatic heterocycles. The molecule has 0 aromatic carbocycles. The van der Waals surface area contributed by atoms with Crippen molar-refractivity contribution in [3.63, 3.8) is 0 Å². The van der Waals surface area contributed by atoms with Crippen LogP contribution < -0.4 is 5.32 Å². The maximum atomic E-state index is 11.4. The highest BCUT2D eigenvalue weighted by Crippen LogP contribution is 2.14. The second-order valence-electron chi connectivity index (χ2n) is 4.91. The topological polar surface area (TPSA) is 47.6 Å². The zero-order valence-corrected chi connectivity index (χ0v) is 10.1. The summed E-state index contributed by atoms with van der Waals surface area (Å²) in [5, 5.41) is 2.77. The number of carbonyl (C=O) groups excluding carboxylic acids is 1. The zero-order chi connectivity index (χ0) is 12.2. The molecule has 4 heteroatoms. The lowest BCUT2D eigenvalue weighted by atomic mass is 10.1. The van der Waals surface area contributed by atoms with Crippen LogP contribution >= 0.6 is 0 Å². The fraction of sp³-hybridized carbons (Fsp3) is 0.750. The largest absolute Gasteiger partial charge is 0.444 e. The van der Waals surface area contributed by atoms with E-state index in [2.05, 4.69) is 11.2 Å². The molecule has 4 nitrogen and oxygen atoms in total. The molecule has 1 aliphatic heterocycles. The molecule has 1 rings (SSSR count). The summed E-state index contributed by atoms with van der Waals surface area (Å²) in [5.41, 5.74) is -0.471. The molecule has 0 aliphatic carbocycles. The zero-order valence-electron chi connectivity index (χ0n) is 10.1. The van der Waals surface area contributed by atoms with Gasteiger partial charge in [-0.1, -0.05) is 5.92 Å². The van der Waals surface area contributed by atoms with E-state index in [9.17, 15) is 4.79 Å². The van der Waals surface area contributed by atoms with Crippen molar-refractivity contribution in [1.29, 1.82) is 0 Å². The van der Waals surface area contributed by atoms with Crippen LogP contribution in [0.15, 0.2) is 0 Å². The third-order valence-corrected chi connectivity index (χ3v) is 2.18. The number of alkyl carbamates (subject to hydrolysis) is 1. The third kappa shape index (κ3) is 4.54. The van der Waals surface area contributed by atoms with E-state index in [0.29, 0.717) is 6.61 Å². The standard InChI is InChI=1S/C12H19NO3/c1-5-10-7-6-9(8-15-10)13-11(14)16-12(2,3)4/h1,9-10H,6-8H2,2-4H3,(H,13,14). The molecule has 16 heavy (non-hydrogen) atoms. The van der Waals surface area contributed by atoms with Gasteiger partial charge >= 0.3 is 6.09 Å². The first kappa shape index (κ1) is 12.9. The molecular formula is C12H19NO3. The van der Waals surface area contributed by atoms with Crippen LogP contribution in [0.2, 0.25) is 0 Å². The molecule has 1 N–H and O–H groups in total. The van der Waals surface area contributed by atoms with Gasteiger partial charge in [0.05, 0.1) is 12.6 Å². The Bertz CT molecular complexity index is 280. The Morgan fingerprint density at radius 2 is 2.19 bits per heavy atom. The van der Waals surface area contributed by atoms with Gasteiger partial charge in [0.2, 0.25) is 0 Å². The van der Waals surface area contributed by atoms with Crippen LogP contribution in [0, 0.1) is 12.3 Å². The van der Waals surface area contributed by atoms with Crippen LogP contribution in [0.25, 0.3) is 0 Å². The Kier molecular flexibility index (Phi) is 4.19. The number of carbonyl (C=O) groups is 1. The van der Waals surface area contributed by atoms with Gasteiger partial charge in [-0.25, -0.2) is 4.79 Å². The number of hydrogen-bond acceptors (Lipinski definition) is 3. The van der Waals surface area contributed by atoms with E-state index in [1.165, 1.54) is 0 Å². The first-order valence-corrected chi connectivity index (χ1v) is 5.48. The fourth-order valence-electron chi connectivity index (χ4n) is 1.47. The molecule has 0 saturated carbocycles. The summed E-state index contributed by atoms with van der Waals surface area (Å²) in [6.07, 6.45) is 6.33. The SMILES string of the molecule is C#CC1CCC(NC(=O)OC(C)(C)C)CO1. The second kappa shape index (κ2) is 5.22. The summed E-state index contributed by atoms with van der Waals surface area (Å²) in [6, 6.07) is -0.000509. The molecule has 2 unspecified atom stereocenters. The Hall–Kier alpha value is -1.21. The second-order valence-corrected chi connectivity index (χ2v) is 4.91. The minimum Gasteiger partial charge on any atom is -0.444 e. The maximum Gasteiger partial charge on any atom is 0.407 e. The van der Waals surface area contributed by atoms with Gasteiger partial charge in [0.1, 0.15) is 11.7 Å². The van der Waals surface area contributed by atoms with Crippen molar-refractivity contribution >= 4 is 6.09 Å². The van der Waals surface area contributed by atoms with Crippen molar-refractivity contribution in [2.75, 3.05) is 6.61 Å². The number of rotatable bonds is 1. The summed E-state index contributed by atoms with van der Waals surface area (Å²) in [5.74, 6) is 2.55. The number of ether oxygens (including phenoxy) is 2. The van der Waals surface area contributed by atoms with E-state index in [1.807, 2.05) is 20.8 Å². The summed E-state index contributed by atoms with van der Waals surface area (Å²) in [6.45, 7) is 5.95. The lowest BCUT2D eigenvalue weighted by Crippen LogP contribution is -2.44. The molecule has 0 aromatic rings. The molecule has 0 radical (unpaired) electrons. The average molecular weight is 225 g/mol. The predicted molar refractivity (Wildman–Crippen MR) is 61.0 cm³/mol. The molecule has 2 atom stereocenters. The molecule has 1 saturated heterocycles. The van der Waals surface area contributed by atoms with E-state index in [-0.39, 0.29) is 12.1 Å². The maximum absolute atomic E-state index is 11.4. The lowest BCUT2D eigenvalue weighted by molar-refractivity contribution is 0.0169. The first-order chi connectivity index (χ1) is 7.40. The van der Waals surface area contributed by atoms with Gasteiger partial charge in [-0.3, -0.25) is 0 Å². The van der Waals surface area contributed by atoms with E-state index in [4.69, 9.17) is 15.9 Å². The molecule has 1 heterocycles. The summed E-state index contributed by atoms with van der Waals surface area (Å²) in [7, 11) is 0. The minimum atomic E-state index is -0.471. The van der Waals surface area contributed by atoms with Crippen LogP contribution in [0.1, 0.15) is 33.6 Å². The summed E-state index contributed by atoms with van der Waals surface area (Å²) in [4.78, 5) is 11.4. The lowest BCUT2D eigenvalue weighted by Gasteiger charge is -2.28. The monoisotopic (exact) mass is 225 g/mol. The van der Waals surface area contributed by atoms with Crippen molar-refractivity contribution in [2.45, 2.75) is 51.4 Å². The molecule has 0 spiro atoms. The number of hydrogen-bond donors (Lipinski definition) is 1. The van der Waals surface area contributed by atoms with Gasteiger partial charge in [-0.05, 0) is 33.6 Å². The van der Waals surface area contributed by atoms with Gasteiger partial charge in [0.15, 0.2) is 0 Å². The normalized spacial score (nSPS) is 25.6. The van der Waals surface area contributed by atoms with Crippen molar-refractivity contribution in [1.82, 2.24) is 5.32 Å². The van der Waals surface area contributed by atoms with Crippen LogP contribution in [-0.4, -0.2) is 30.4 Å². The van der Waals surface area contributed by atoms with E-state index >= 15 is 0 Å². The Labute approximate surface area is 96.7 Å². The number of amides is 1. The minimum absolute atomic E-state index is 0.000509. The van der Waals surface area contributed by atoms with Crippen molar-refractivity contribution in [2.24, 2.45) is 0 Å².